The van der Waals surface area contributed by atoms with Crippen molar-refractivity contribution in [1.82, 2.24) is 4.90 Å². The van der Waals surface area contributed by atoms with E-state index < -0.39 is 5.82 Å². The Balaban J connectivity index is 0.00000180. The van der Waals surface area contributed by atoms with Crippen molar-refractivity contribution in [3.05, 3.63) is 29.6 Å². The van der Waals surface area contributed by atoms with Crippen LogP contribution in [0.3, 0.4) is 0 Å². The first-order valence-corrected chi connectivity index (χ1v) is 6.14. The molecule has 0 aliphatic carbocycles. The SMILES string of the molecule is Cl.NCCOc1ccc(F)cc1C(=O)N1CCCC1. The topological polar surface area (TPSA) is 55.6 Å². The van der Waals surface area contributed by atoms with Crippen molar-refractivity contribution in [3.63, 3.8) is 0 Å². The molecule has 4 nitrogen and oxygen atoms in total. The molecular weight excluding hydrogens is 271 g/mol. The molecule has 1 heterocycles. The summed E-state index contributed by atoms with van der Waals surface area (Å²) in [6.45, 7) is 2.12. The van der Waals surface area contributed by atoms with Crippen LogP contribution >= 0.6 is 12.4 Å². The van der Waals surface area contributed by atoms with Crippen LogP contribution in [0.2, 0.25) is 0 Å². The standard InChI is InChI=1S/C13H17FN2O2.ClH/c14-10-3-4-12(18-8-5-15)11(9-10)13(17)16-6-1-2-7-16;/h3-4,9H,1-2,5-8,15H2;1H. The lowest BCUT2D eigenvalue weighted by Gasteiger charge is -2.17. The summed E-state index contributed by atoms with van der Waals surface area (Å²) in [6, 6.07) is 3.99. The van der Waals surface area contributed by atoms with Crippen LogP contribution in [0.15, 0.2) is 18.2 Å². The lowest BCUT2D eigenvalue weighted by atomic mass is 10.1. The lowest BCUT2D eigenvalue weighted by molar-refractivity contribution is 0.0788. The average molecular weight is 289 g/mol. The summed E-state index contributed by atoms with van der Waals surface area (Å²) < 4.78 is 18.6. The smallest absolute Gasteiger partial charge is 0.257 e. The number of amides is 1. The van der Waals surface area contributed by atoms with Gasteiger partial charge >= 0.3 is 0 Å². The molecule has 2 N–H and O–H groups in total. The highest BCUT2D eigenvalue weighted by Gasteiger charge is 2.23. The van der Waals surface area contributed by atoms with Gasteiger partial charge < -0.3 is 15.4 Å². The van der Waals surface area contributed by atoms with E-state index in [-0.39, 0.29) is 23.9 Å². The van der Waals surface area contributed by atoms with Crippen LogP contribution in [0.4, 0.5) is 4.39 Å². The molecule has 1 fully saturated rings. The fourth-order valence-electron chi connectivity index (χ4n) is 2.05. The third kappa shape index (κ3) is 3.81. The molecule has 1 aromatic carbocycles. The van der Waals surface area contributed by atoms with Crippen LogP contribution in [-0.2, 0) is 0 Å². The van der Waals surface area contributed by atoms with Crippen molar-refractivity contribution in [1.29, 1.82) is 0 Å². The summed E-state index contributed by atoms with van der Waals surface area (Å²) in [5.41, 5.74) is 5.64. The third-order valence-electron chi connectivity index (χ3n) is 2.94. The number of ether oxygens (including phenoxy) is 1. The number of hydrogen-bond donors (Lipinski definition) is 1. The minimum Gasteiger partial charge on any atom is -0.491 e. The van der Waals surface area contributed by atoms with Gasteiger partial charge in [-0.3, -0.25) is 4.79 Å². The number of likely N-dealkylation sites (tertiary alicyclic amines) is 1. The predicted octanol–water partition coefficient (Wildman–Crippen LogP) is 1.82. The molecule has 1 saturated heterocycles. The van der Waals surface area contributed by atoms with Gasteiger partial charge in [-0.25, -0.2) is 4.39 Å². The fourth-order valence-corrected chi connectivity index (χ4v) is 2.05. The number of nitrogens with two attached hydrogens (primary N) is 1. The van der Waals surface area contributed by atoms with Crippen molar-refractivity contribution in [3.8, 4) is 5.75 Å². The quantitative estimate of drug-likeness (QED) is 0.919. The Morgan fingerprint density at radius 1 is 1.37 bits per heavy atom. The molecular formula is C13H18ClFN2O2. The van der Waals surface area contributed by atoms with E-state index in [4.69, 9.17) is 10.5 Å². The zero-order valence-corrected chi connectivity index (χ0v) is 11.4. The molecule has 1 aliphatic heterocycles. The van der Waals surface area contributed by atoms with E-state index in [1.807, 2.05) is 0 Å². The molecule has 0 aromatic heterocycles. The van der Waals surface area contributed by atoms with Crippen molar-refractivity contribution < 1.29 is 13.9 Å². The van der Waals surface area contributed by atoms with Crippen LogP contribution < -0.4 is 10.5 Å². The molecule has 0 saturated carbocycles. The van der Waals surface area contributed by atoms with Crippen molar-refractivity contribution in [2.75, 3.05) is 26.2 Å². The first-order chi connectivity index (χ1) is 8.72. The van der Waals surface area contributed by atoms with Gasteiger partial charge in [-0.2, -0.15) is 0 Å². The third-order valence-corrected chi connectivity index (χ3v) is 2.94. The highest BCUT2D eigenvalue weighted by molar-refractivity contribution is 5.97. The summed E-state index contributed by atoms with van der Waals surface area (Å²) in [6.07, 6.45) is 2.00. The van der Waals surface area contributed by atoms with Gasteiger partial charge in [-0.05, 0) is 31.0 Å². The monoisotopic (exact) mass is 288 g/mol. The molecule has 19 heavy (non-hydrogen) atoms. The van der Waals surface area contributed by atoms with E-state index in [0.717, 1.165) is 25.9 Å². The predicted molar refractivity (Wildman–Crippen MR) is 73.3 cm³/mol. The van der Waals surface area contributed by atoms with Crippen molar-refractivity contribution >= 4 is 18.3 Å². The zero-order chi connectivity index (χ0) is 13.0. The van der Waals surface area contributed by atoms with Crippen LogP contribution in [0, 0.1) is 5.82 Å². The minimum absolute atomic E-state index is 0. The molecule has 6 heteroatoms. The van der Waals surface area contributed by atoms with Crippen LogP contribution in [-0.4, -0.2) is 37.0 Å². The second-order valence-corrected chi connectivity index (χ2v) is 4.28. The molecule has 0 spiro atoms. The number of carbonyl (C=O) groups is 1. The fraction of sp³-hybridized carbons (Fsp3) is 0.462. The summed E-state index contributed by atoms with van der Waals surface area (Å²) in [5, 5.41) is 0. The summed E-state index contributed by atoms with van der Waals surface area (Å²) in [7, 11) is 0. The maximum Gasteiger partial charge on any atom is 0.257 e. The van der Waals surface area contributed by atoms with Gasteiger partial charge in [0, 0.05) is 19.6 Å². The largest absolute Gasteiger partial charge is 0.491 e. The molecule has 0 bridgehead atoms. The summed E-state index contributed by atoms with van der Waals surface area (Å²) in [5.74, 6) is -0.199. The Morgan fingerprint density at radius 3 is 2.68 bits per heavy atom. The van der Waals surface area contributed by atoms with Crippen molar-refractivity contribution in [2.24, 2.45) is 5.73 Å². The molecule has 1 aromatic rings. The number of benzene rings is 1. The van der Waals surface area contributed by atoms with Gasteiger partial charge in [0.15, 0.2) is 0 Å². The van der Waals surface area contributed by atoms with Gasteiger partial charge in [0.25, 0.3) is 5.91 Å². The Kier molecular flexibility index (Phi) is 6.05. The summed E-state index contributed by atoms with van der Waals surface area (Å²) >= 11 is 0. The van der Waals surface area contributed by atoms with Gasteiger partial charge in [0.05, 0.1) is 5.56 Å². The molecule has 1 amide bonds. The molecule has 2 rings (SSSR count). The zero-order valence-electron chi connectivity index (χ0n) is 10.6. The number of carbonyl (C=O) groups excluding carboxylic acids is 1. The molecule has 1 aliphatic rings. The molecule has 0 radical (unpaired) electrons. The van der Waals surface area contributed by atoms with Crippen LogP contribution in [0.5, 0.6) is 5.75 Å². The Bertz CT molecular complexity index is 437. The number of nitrogens with zero attached hydrogens (tertiary/aromatic N) is 1. The van der Waals surface area contributed by atoms with E-state index in [9.17, 15) is 9.18 Å². The van der Waals surface area contributed by atoms with Gasteiger partial charge in [0.1, 0.15) is 18.2 Å². The van der Waals surface area contributed by atoms with Gasteiger partial charge in [-0.15, -0.1) is 12.4 Å². The second-order valence-electron chi connectivity index (χ2n) is 4.28. The van der Waals surface area contributed by atoms with Crippen molar-refractivity contribution in [2.45, 2.75) is 12.8 Å². The number of hydrogen-bond acceptors (Lipinski definition) is 3. The minimum atomic E-state index is -0.433. The van der Waals surface area contributed by atoms with Crippen LogP contribution in [0.1, 0.15) is 23.2 Å². The van der Waals surface area contributed by atoms with E-state index in [1.165, 1.54) is 18.2 Å². The summed E-state index contributed by atoms with van der Waals surface area (Å²) in [4.78, 5) is 14.0. The lowest BCUT2D eigenvalue weighted by Crippen LogP contribution is -2.28. The average Bonchev–Trinajstić information content (AvgIpc) is 2.90. The second kappa shape index (κ2) is 7.31. The van der Waals surface area contributed by atoms with E-state index in [2.05, 4.69) is 0 Å². The van der Waals surface area contributed by atoms with E-state index in [0.29, 0.717) is 18.9 Å². The maximum absolute atomic E-state index is 13.3. The van der Waals surface area contributed by atoms with E-state index >= 15 is 0 Å². The Labute approximate surface area is 118 Å². The first-order valence-electron chi connectivity index (χ1n) is 6.14. The molecule has 0 unspecified atom stereocenters. The first kappa shape index (κ1) is 15.7. The number of rotatable bonds is 4. The highest BCUT2D eigenvalue weighted by atomic mass is 35.5. The van der Waals surface area contributed by atoms with Gasteiger partial charge in [-0.1, -0.05) is 0 Å². The normalized spacial score (nSPS) is 14.1. The number of halogens is 2. The Hall–Kier alpha value is -1.33. The van der Waals surface area contributed by atoms with E-state index in [1.54, 1.807) is 4.90 Å². The maximum atomic E-state index is 13.3. The Morgan fingerprint density at radius 2 is 2.05 bits per heavy atom. The highest BCUT2D eigenvalue weighted by Crippen LogP contribution is 2.23. The van der Waals surface area contributed by atoms with Crippen LogP contribution in [0.25, 0.3) is 0 Å². The molecule has 106 valence electrons. The van der Waals surface area contributed by atoms with Gasteiger partial charge in [0.2, 0.25) is 0 Å². The molecule has 0 atom stereocenters.